The first-order valence-electron chi connectivity index (χ1n) is 10.2. The number of benzene rings is 1. The summed E-state index contributed by atoms with van der Waals surface area (Å²) in [5.41, 5.74) is 2.04. The van der Waals surface area contributed by atoms with Crippen LogP contribution in [0, 0.1) is 25.7 Å². The standard InChI is InChI=1S/C23H39NO3/c1-10-19(8)27-21-17(6)11-20(12-18(21)7)24-22(25)23(26-9,13-15(2)3)14-16(4)5/h11-12,15-16,19H,10,13-14H2,1-9H3,(H,24,25). The molecule has 4 heteroatoms. The van der Waals surface area contributed by atoms with E-state index in [0.29, 0.717) is 24.7 Å². The molecule has 0 radical (unpaired) electrons. The summed E-state index contributed by atoms with van der Waals surface area (Å²) in [6.45, 7) is 16.7. The first-order chi connectivity index (χ1) is 12.5. The Balaban J connectivity index is 3.11. The third-order valence-corrected chi connectivity index (χ3v) is 4.89. The Kier molecular flexibility index (Phi) is 8.80. The fraction of sp³-hybridized carbons (Fsp3) is 0.696. The second kappa shape index (κ2) is 10.1. The summed E-state index contributed by atoms with van der Waals surface area (Å²) in [6.07, 6.45) is 2.51. The molecule has 0 heterocycles. The quantitative estimate of drug-likeness (QED) is 0.552. The summed E-state index contributed by atoms with van der Waals surface area (Å²) in [7, 11) is 1.64. The predicted octanol–water partition coefficient (Wildman–Crippen LogP) is 5.90. The van der Waals surface area contributed by atoms with Crippen LogP contribution in [0.5, 0.6) is 5.75 Å². The average molecular weight is 378 g/mol. The maximum absolute atomic E-state index is 13.2. The summed E-state index contributed by atoms with van der Waals surface area (Å²) in [6, 6.07) is 3.96. The summed E-state index contributed by atoms with van der Waals surface area (Å²) >= 11 is 0. The number of ether oxygens (including phenoxy) is 2. The number of rotatable bonds is 10. The highest BCUT2D eigenvalue weighted by Crippen LogP contribution is 2.32. The molecule has 1 unspecified atom stereocenters. The molecule has 0 aliphatic rings. The van der Waals surface area contributed by atoms with Crippen molar-refractivity contribution >= 4 is 11.6 Å². The van der Waals surface area contributed by atoms with E-state index in [2.05, 4.69) is 46.9 Å². The lowest BCUT2D eigenvalue weighted by Gasteiger charge is -2.34. The van der Waals surface area contributed by atoms with Crippen LogP contribution in [-0.2, 0) is 9.53 Å². The normalized spacial score (nSPS) is 13.1. The molecule has 0 aliphatic carbocycles. The first kappa shape index (κ1) is 23.5. The van der Waals surface area contributed by atoms with Gasteiger partial charge in [-0.25, -0.2) is 0 Å². The lowest BCUT2D eigenvalue weighted by Crippen LogP contribution is -2.47. The number of anilines is 1. The third-order valence-electron chi connectivity index (χ3n) is 4.89. The van der Waals surface area contributed by atoms with Gasteiger partial charge in [-0.2, -0.15) is 0 Å². The van der Waals surface area contributed by atoms with Crippen molar-refractivity contribution in [1.82, 2.24) is 0 Å². The van der Waals surface area contributed by atoms with Crippen LogP contribution < -0.4 is 10.1 Å². The van der Waals surface area contributed by atoms with E-state index in [-0.39, 0.29) is 12.0 Å². The van der Waals surface area contributed by atoms with Crippen molar-refractivity contribution in [2.45, 2.75) is 86.4 Å². The lowest BCUT2D eigenvalue weighted by molar-refractivity contribution is -0.142. The maximum atomic E-state index is 13.2. The van der Waals surface area contributed by atoms with E-state index in [9.17, 15) is 4.79 Å². The van der Waals surface area contributed by atoms with E-state index in [4.69, 9.17) is 9.47 Å². The van der Waals surface area contributed by atoms with Crippen LogP contribution in [0.15, 0.2) is 12.1 Å². The van der Waals surface area contributed by atoms with Gasteiger partial charge in [0.05, 0.1) is 6.10 Å². The van der Waals surface area contributed by atoms with Gasteiger partial charge in [0.15, 0.2) is 0 Å². The van der Waals surface area contributed by atoms with Crippen molar-refractivity contribution in [2.24, 2.45) is 11.8 Å². The van der Waals surface area contributed by atoms with Crippen molar-refractivity contribution in [2.75, 3.05) is 12.4 Å². The lowest BCUT2D eigenvalue weighted by atomic mass is 9.84. The van der Waals surface area contributed by atoms with Crippen LogP contribution in [0.2, 0.25) is 0 Å². The molecule has 154 valence electrons. The van der Waals surface area contributed by atoms with Crippen LogP contribution in [0.1, 0.15) is 71.9 Å². The van der Waals surface area contributed by atoms with Crippen LogP contribution >= 0.6 is 0 Å². The minimum Gasteiger partial charge on any atom is -0.490 e. The van der Waals surface area contributed by atoms with Crippen LogP contribution in [0.4, 0.5) is 5.69 Å². The van der Waals surface area contributed by atoms with Crippen molar-refractivity contribution in [3.63, 3.8) is 0 Å². The second-order valence-electron chi connectivity index (χ2n) is 8.62. The zero-order valence-electron chi connectivity index (χ0n) is 18.7. The molecule has 0 spiro atoms. The average Bonchev–Trinajstić information content (AvgIpc) is 2.56. The van der Waals surface area contributed by atoms with Gasteiger partial charge in [0, 0.05) is 12.8 Å². The van der Waals surface area contributed by atoms with Crippen LogP contribution in [-0.4, -0.2) is 24.7 Å². The van der Waals surface area contributed by atoms with E-state index in [0.717, 1.165) is 29.0 Å². The van der Waals surface area contributed by atoms with Crippen molar-refractivity contribution in [3.8, 4) is 5.75 Å². The Morgan fingerprint density at radius 2 is 1.52 bits per heavy atom. The summed E-state index contributed by atoms with van der Waals surface area (Å²) in [5.74, 6) is 1.57. The van der Waals surface area contributed by atoms with Gasteiger partial charge in [-0.05, 0) is 75.1 Å². The molecule has 0 aromatic heterocycles. The first-order valence-corrected chi connectivity index (χ1v) is 10.2. The Labute approximate surface area is 166 Å². The molecule has 0 aliphatic heterocycles. The SMILES string of the molecule is CCC(C)Oc1c(C)cc(NC(=O)C(CC(C)C)(CC(C)C)OC)cc1C. The molecular formula is C23H39NO3. The van der Waals surface area contributed by atoms with E-state index in [1.54, 1.807) is 7.11 Å². The van der Waals surface area contributed by atoms with Gasteiger partial charge in [-0.15, -0.1) is 0 Å². The maximum Gasteiger partial charge on any atom is 0.256 e. The van der Waals surface area contributed by atoms with Crippen LogP contribution in [0.3, 0.4) is 0 Å². The smallest absolute Gasteiger partial charge is 0.256 e. The topological polar surface area (TPSA) is 47.6 Å². The van der Waals surface area contributed by atoms with Gasteiger partial charge in [-0.3, -0.25) is 4.79 Å². The Hall–Kier alpha value is -1.55. The number of aryl methyl sites for hydroxylation is 2. The predicted molar refractivity (Wildman–Crippen MR) is 114 cm³/mol. The summed E-state index contributed by atoms with van der Waals surface area (Å²) < 4.78 is 11.8. The molecule has 0 fully saturated rings. The van der Waals surface area contributed by atoms with E-state index in [1.165, 1.54) is 0 Å². The van der Waals surface area contributed by atoms with Gasteiger partial charge in [0.2, 0.25) is 0 Å². The number of carbonyl (C=O) groups excluding carboxylic acids is 1. The number of nitrogens with one attached hydrogen (secondary N) is 1. The van der Waals surface area contributed by atoms with Gasteiger partial charge in [-0.1, -0.05) is 34.6 Å². The zero-order valence-corrected chi connectivity index (χ0v) is 18.7. The summed E-state index contributed by atoms with van der Waals surface area (Å²) in [4.78, 5) is 13.2. The zero-order chi connectivity index (χ0) is 20.8. The summed E-state index contributed by atoms with van der Waals surface area (Å²) in [5, 5.41) is 3.10. The Bertz CT molecular complexity index is 589. The van der Waals surface area contributed by atoms with Crippen LogP contribution in [0.25, 0.3) is 0 Å². The van der Waals surface area contributed by atoms with Gasteiger partial charge in [0.1, 0.15) is 11.4 Å². The number of hydrogen-bond donors (Lipinski definition) is 1. The molecule has 4 nitrogen and oxygen atoms in total. The fourth-order valence-corrected chi connectivity index (χ4v) is 3.58. The number of amides is 1. The molecule has 1 amide bonds. The molecule has 1 rings (SSSR count). The largest absolute Gasteiger partial charge is 0.490 e. The highest BCUT2D eigenvalue weighted by Gasteiger charge is 2.39. The van der Waals surface area contributed by atoms with Gasteiger partial charge >= 0.3 is 0 Å². The molecule has 0 saturated heterocycles. The van der Waals surface area contributed by atoms with Gasteiger partial charge < -0.3 is 14.8 Å². The van der Waals surface area contributed by atoms with E-state index >= 15 is 0 Å². The van der Waals surface area contributed by atoms with Crippen molar-refractivity contribution < 1.29 is 14.3 Å². The minimum absolute atomic E-state index is 0.0678. The number of methoxy groups -OCH3 is 1. The van der Waals surface area contributed by atoms with E-state index in [1.807, 2.05) is 26.0 Å². The van der Waals surface area contributed by atoms with Crippen molar-refractivity contribution in [1.29, 1.82) is 0 Å². The molecule has 1 atom stereocenters. The second-order valence-corrected chi connectivity index (χ2v) is 8.62. The molecular weight excluding hydrogens is 338 g/mol. The highest BCUT2D eigenvalue weighted by molar-refractivity contribution is 5.97. The number of carbonyl (C=O) groups is 1. The molecule has 0 saturated carbocycles. The molecule has 0 bridgehead atoms. The molecule has 27 heavy (non-hydrogen) atoms. The monoisotopic (exact) mass is 377 g/mol. The molecule has 1 N–H and O–H groups in total. The Morgan fingerprint density at radius 1 is 1.04 bits per heavy atom. The molecule has 1 aromatic rings. The molecule has 1 aromatic carbocycles. The van der Waals surface area contributed by atoms with Crippen molar-refractivity contribution in [3.05, 3.63) is 23.3 Å². The third kappa shape index (κ3) is 6.53. The fourth-order valence-electron chi connectivity index (χ4n) is 3.58. The Morgan fingerprint density at radius 3 is 1.89 bits per heavy atom. The highest BCUT2D eigenvalue weighted by atomic mass is 16.5. The van der Waals surface area contributed by atoms with Gasteiger partial charge in [0.25, 0.3) is 5.91 Å². The number of hydrogen-bond acceptors (Lipinski definition) is 3. The van der Waals surface area contributed by atoms with E-state index < -0.39 is 5.60 Å². The minimum atomic E-state index is -0.809.